The predicted molar refractivity (Wildman–Crippen MR) is 95.3 cm³/mol. The van der Waals surface area contributed by atoms with Crippen LogP contribution in [0.1, 0.15) is 46.0 Å². The highest BCUT2D eigenvalue weighted by atomic mass is 35.5. The number of ether oxygens (including phenoxy) is 1. The summed E-state index contributed by atoms with van der Waals surface area (Å²) in [6, 6.07) is 4.55. The lowest BCUT2D eigenvalue weighted by Gasteiger charge is -2.33. The Balaban J connectivity index is 1.91. The Morgan fingerprint density at radius 1 is 1.50 bits per heavy atom. The molecule has 1 aromatic heterocycles. The summed E-state index contributed by atoms with van der Waals surface area (Å²) in [5.41, 5.74) is 2.34. The standard InChI is InChI=1S/C18H17ClN4O3/c1-4-26-18(25)16-12-9-23(10(2)7-14(12)21-22-16)17(24)11-5-6-13(19)15(8-11)20-3/h5-6,8,10H,4,7,9H2,1-2H3,(H,21,22)/t10-/m1/s1. The lowest BCUT2D eigenvalue weighted by Crippen LogP contribution is -2.42. The van der Waals surface area contributed by atoms with E-state index >= 15 is 0 Å². The smallest absolute Gasteiger partial charge is 0.359 e. The number of hydrogen-bond acceptors (Lipinski definition) is 4. The van der Waals surface area contributed by atoms with Crippen molar-refractivity contribution in [3.63, 3.8) is 0 Å². The molecule has 2 aromatic rings. The molecule has 1 aliphatic rings. The lowest BCUT2D eigenvalue weighted by atomic mass is 9.98. The normalized spacial score (nSPS) is 15.9. The van der Waals surface area contributed by atoms with Gasteiger partial charge in [0.15, 0.2) is 5.69 Å². The number of fused-ring (bicyclic) bond motifs is 1. The Kier molecular flexibility index (Phi) is 4.96. The lowest BCUT2D eigenvalue weighted by molar-refractivity contribution is 0.0509. The van der Waals surface area contributed by atoms with E-state index in [2.05, 4.69) is 15.0 Å². The molecule has 1 aliphatic heterocycles. The van der Waals surface area contributed by atoms with Gasteiger partial charge in [-0.15, -0.1) is 0 Å². The number of carbonyl (C=O) groups excluding carboxylic acids is 2. The summed E-state index contributed by atoms with van der Waals surface area (Å²) in [7, 11) is 0. The Hall–Kier alpha value is -2.85. The molecule has 1 N–H and O–H groups in total. The fourth-order valence-electron chi connectivity index (χ4n) is 3.01. The van der Waals surface area contributed by atoms with Crippen molar-refractivity contribution in [3.8, 4) is 0 Å². The van der Waals surface area contributed by atoms with Gasteiger partial charge in [0.05, 0.1) is 19.7 Å². The number of H-pyrrole nitrogens is 1. The van der Waals surface area contributed by atoms with Crippen molar-refractivity contribution in [2.24, 2.45) is 0 Å². The molecule has 0 fully saturated rings. The minimum atomic E-state index is -0.506. The summed E-state index contributed by atoms with van der Waals surface area (Å²) in [4.78, 5) is 30.0. The van der Waals surface area contributed by atoms with E-state index in [1.807, 2.05) is 6.92 Å². The topological polar surface area (TPSA) is 79.7 Å². The Labute approximate surface area is 155 Å². The van der Waals surface area contributed by atoms with E-state index in [0.29, 0.717) is 22.6 Å². The number of amides is 1. The van der Waals surface area contributed by atoms with Crippen molar-refractivity contribution in [2.75, 3.05) is 6.61 Å². The summed E-state index contributed by atoms with van der Waals surface area (Å²) in [6.45, 7) is 11.3. The SMILES string of the molecule is [C-]#[N+]c1cc(C(=O)N2Cc3c(C(=O)OCC)n[nH]c3C[C@H]2C)ccc1Cl. The largest absolute Gasteiger partial charge is 0.461 e. The van der Waals surface area contributed by atoms with Crippen LogP contribution in [-0.2, 0) is 17.7 Å². The summed E-state index contributed by atoms with van der Waals surface area (Å²) in [5, 5.41) is 7.25. The fourth-order valence-corrected chi connectivity index (χ4v) is 3.17. The third-order valence-corrected chi connectivity index (χ3v) is 4.68. The van der Waals surface area contributed by atoms with Gasteiger partial charge in [-0.05, 0) is 19.9 Å². The first-order chi connectivity index (χ1) is 12.5. The van der Waals surface area contributed by atoms with Gasteiger partial charge in [-0.2, -0.15) is 5.10 Å². The first-order valence-electron chi connectivity index (χ1n) is 8.17. The summed E-state index contributed by atoms with van der Waals surface area (Å²) >= 11 is 5.95. The molecule has 0 spiro atoms. The van der Waals surface area contributed by atoms with Crippen molar-refractivity contribution in [2.45, 2.75) is 32.9 Å². The van der Waals surface area contributed by atoms with Crippen molar-refractivity contribution in [1.29, 1.82) is 0 Å². The van der Waals surface area contributed by atoms with Gasteiger partial charge in [0, 0.05) is 34.3 Å². The molecule has 1 amide bonds. The summed E-state index contributed by atoms with van der Waals surface area (Å²) in [6.07, 6.45) is 0.552. The average molecular weight is 373 g/mol. The van der Waals surface area contributed by atoms with Gasteiger partial charge in [0.1, 0.15) is 0 Å². The first kappa shape index (κ1) is 18.0. The number of carbonyl (C=O) groups is 2. The molecule has 26 heavy (non-hydrogen) atoms. The molecule has 3 rings (SSSR count). The second kappa shape index (κ2) is 7.18. The van der Waals surface area contributed by atoms with Gasteiger partial charge in [0.2, 0.25) is 5.69 Å². The number of benzene rings is 1. The number of halogens is 1. The first-order valence-corrected chi connectivity index (χ1v) is 8.55. The monoisotopic (exact) mass is 372 g/mol. The molecule has 0 unspecified atom stereocenters. The van der Waals surface area contributed by atoms with Crippen LogP contribution < -0.4 is 0 Å². The molecular weight excluding hydrogens is 356 g/mol. The third kappa shape index (κ3) is 3.16. The molecule has 8 heteroatoms. The molecule has 134 valence electrons. The maximum atomic E-state index is 13.0. The predicted octanol–water partition coefficient (Wildman–Crippen LogP) is 3.38. The molecular formula is C18H17ClN4O3. The molecule has 0 radical (unpaired) electrons. The highest BCUT2D eigenvalue weighted by Gasteiger charge is 2.33. The van der Waals surface area contributed by atoms with Crippen LogP contribution in [0.2, 0.25) is 5.02 Å². The number of esters is 1. The second-order valence-electron chi connectivity index (χ2n) is 6.01. The molecule has 0 bridgehead atoms. The third-order valence-electron chi connectivity index (χ3n) is 4.36. The summed E-state index contributed by atoms with van der Waals surface area (Å²) < 4.78 is 5.03. The molecule has 1 aromatic carbocycles. The number of aromatic nitrogens is 2. The van der Waals surface area contributed by atoms with Crippen LogP contribution >= 0.6 is 11.6 Å². The van der Waals surface area contributed by atoms with E-state index in [0.717, 1.165) is 5.69 Å². The Bertz CT molecular complexity index is 916. The van der Waals surface area contributed by atoms with E-state index in [1.54, 1.807) is 24.0 Å². The van der Waals surface area contributed by atoms with Crippen LogP contribution in [0.15, 0.2) is 18.2 Å². The number of nitrogens with one attached hydrogen (secondary N) is 1. The van der Waals surface area contributed by atoms with Crippen LogP contribution in [0, 0.1) is 6.57 Å². The van der Waals surface area contributed by atoms with Crippen LogP contribution in [0.5, 0.6) is 0 Å². The van der Waals surface area contributed by atoms with E-state index in [-0.39, 0.29) is 36.5 Å². The maximum Gasteiger partial charge on any atom is 0.359 e. The number of hydrogen-bond donors (Lipinski definition) is 1. The van der Waals surface area contributed by atoms with Crippen LogP contribution in [-0.4, -0.2) is 39.6 Å². The fraction of sp³-hybridized carbons (Fsp3) is 0.333. The number of nitrogens with zero attached hydrogens (tertiary/aromatic N) is 3. The Morgan fingerprint density at radius 2 is 2.27 bits per heavy atom. The van der Waals surface area contributed by atoms with Crippen LogP contribution in [0.25, 0.3) is 4.85 Å². The van der Waals surface area contributed by atoms with Crippen molar-refractivity contribution in [3.05, 3.63) is 57.2 Å². The van der Waals surface area contributed by atoms with Gasteiger partial charge in [-0.1, -0.05) is 23.7 Å². The van der Waals surface area contributed by atoms with Crippen molar-refractivity contribution < 1.29 is 14.3 Å². The molecule has 2 heterocycles. The molecule has 0 saturated heterocycles. The highest BCUT2D eigenvalue weighted by molar-refractivity contribution is 6.33. The maximum absolute atomic E-state index is 13.0. The van der Waals surface area contributed by atoms with Crippen molar-refractivity contribution in [1.82, 2.24) is 15.1 Å². The number of rotatable bonds is 3. The van der Waals surface area contributed by atoms with Gasteiger partial charge < -0.3 is 9.64 Å². The van der Waals surface area contributed by atoms with E-state index in [9.17, 15) is 9.59 Å². The van der Waals surface area contributed by atoms with Gasteiger partial charge in [-0.25, -0.2) is 9.64 Å². The van der Waals surface area contributed by atoms with E-state index in [1.165, 1.54) is 6.07 Å². The minimum Gasteiger partial charge on any atom is -0.461 e. The summed E-state index contributed by atoms with van der Waals surface area (Å²) in [5.74, 6) is -0.727. The zero-order chi connectivity index (χ0) is 18.8. The van der Waals surface area contributed by atoms with Crippen LogP contribution in [0.4, 0.5) is 5.69 Å². The zero-order valence-corrected chi connectivity index (χ0v) is 15.1. The molecule has 7 nitrogen and oxygen atoms in total. The number of aromatic amines is 1. The van der Waals surface area contributed by atoms with Gasteiger partial charge in [0.25, 0.3) is 5.91 Å². The molecule has 0 saturated carbocycles. The van der Waals surface area contributed by atoms with Gasteiger partial charge in [-0.3, -0.25) is 9.89 Å². The highest BCUT2D eigenvalue weighted by Crippen LogP contribution is 2.29. The zero-order valence-electron chi connectivity index (χ0n) is 14.4. The van der Waals surface area contributed by atoms with E-state index in [4.69, 9.17) is 22.9 Å². The average Bonchev–Trinajstić information content (AvgIpc) is 3.03. The quantitative estimate of drug-likeness (QED) is 0.661. The Morgan fingerprint density at radius 3 is 2.96 bits per heavy atom. The van der Waals surface area contributed by atoms with E-state index < -0.39 is 5.97 Å². The molecule has 0 aliphatic carbocycles. The molecule has 1 atom stereocenters. The minimum absolute atomic E-state index is 0.0856. The van der Waals surface area contributed by atoms with Gasteiger partial charge >= 0.3 is 5.97 Å². The van der Waals surface area contributed by atoms with Crippen molar-refractivity contribution >= 4 is 29.2 Å². The second-order valence-corrected chi connectivity index (χ2v) is 6.42. The van der Waals surface area contributed by atoms with Crippen LogP contribution in [0.3, 0.4) is 0 Å².